The van der Waals surface area contributed by atoms with Crippen molar-refractivity contribution in [2.24, 2.45) is 11.1 Å². The van der Waals surface area contributed by atoms with Crippen LogP contribution in [0.4, 0.5) is 0 Å². The normalized spacial score (nSPS) is 11.7. The highest BCUT2D eigenvalue weighted by atomic mass is 32.1. The minimum absolute atomic E-state index is 0.280. The maximum atomic E-state index is 12.2. The van der Waals surface area contributed by atoms with Gasteiger partial charge >= 0.3 is 0 Å². The number of Topliss-reactive ketones (excluding diaryl/α,β-unsaturated/α-hetero) is 1. The third-order valence-electron chi connectivity index (χ3n) is 3.51. The standard InChI is InChI=1S/C13H21NOS/c1-3-13(4-2,10-14)12(15)8-7-11-6-5-9-16-11/h5-6,9H,3-4,7-8,10,14H2,1-2H3. The number of carbonyl (C=O) groups excluding carboxylic acids is 1. The summed E-state index contributed by atoms with van der Waals surface area (Å²) in [6.45, 7) is 4.59. The first kappa shape index (κ1) is 13.4. The summed E-state index contributed by atoms with van der Waals surface area (Å²) in [5.41, 5.74) is 5.48. The molecular weight excluding hydrogens is 218 g/mol. The van der Waals surface area contributed by atoms with Crippen molar-refractivity contribution in [3.63, 3.8) is 0 Å². The van der Waals surface area contributed by atoms with Crippen molar-refractivity contribution >= 4 is 17.1 Å². The number of rotatable bonds is 7. The molecule has 0 fully saturated rings. The molecule has 0 aromatic carbocycles. The van der Waals surface area contributed by atoms with Gasteiger partial charge in [-0.3, -0.25) is 4.79 Å². The third-order valence-corrected chi connectivity index (χ3v) is 4.45. The van der Waals surface area contributed by atoms with Gasteiger partial charge in [0.1, 0.15) is 5.78 Å². The molecule has 0 aliphatic rings. The maximum absolute atomic E-state index is 12.2. The molecule has 0 aliphatic carbocycles. The van der Waals surface area contributed by atoms with Crippen molar-refractivity contribution in [1.29, 1.82) is 0 Å². The Hall–Kier alpha value is -0.670. The van der Waals surface area contributed by atoms with Crippen LogP contribution in [0.1, 0.15) is 38.0 Å². The van der Waals surface area contributed by atoms with Crippen LogP contribution in [0.3, 0.4) is 0 Å². The van der Waals surface area contributed by atoms with Crippen molar-refractivity contribution < 1.29 is 4.79 Å². The van der Waals surface area contributed by atoms with E-state index in [-0.39, 0.29) is 5.41 Å². The number of thiophene rings is 1. The molecule has 0 atom stereocenters. The molecule has 1 heterocycles. The van der Waals surface area contributed by atoms with Crippen LogP contribution in [-0.4, -0.2) is 12.3 Å². The van der Waals surface area contributed by atoms with E-state index in [1.54, 1.807) is 11.3 Å². The van der Waals surface area contributed by atoms with Crippen LogP contribution in [-0.2, 0) is 11.2 Å². The van der Waals surface area contributed by atoms with Crippen LogP contribution in [0, 0.1) is 5.41 Å². The predicted molar refractivity (Wildman–Crippen MR) is 69.7 cm³/mol. The second-order valence-corrected chi connectivity index (χ2v) is 5.23. The van der Waals surface area contributed by atoms with Gasteiger partial charge in [-0.2, -0.15) is 0 Å². The molecule has 16 heavy (non-hydrogen) atoms. The molecule has 2 N–H and O–H groups in total. The van der Waals surface area contributed by atoms with E-state index < -0.39 is 0 Å². The summed E-state index contributed by atoms with van der Waals surface area (Å²) in [7, 11) is 0. The predicted octanol–water partition coefficient (Wildman–Crippen LogP) is 3.01. The molecule has 0 spiro atoms. The van der Waals surface area contributed by atoms with E-state index in [0.29, 0.717) is 18.7 Å². The SMILES string of the molecule is CCC(CC)(CN)C(=O)CCc1cccs1. The summed E-state index contributed by atoms with van der Waals surface area (Å²) in [5, 5.41) is 2.05. The lowest BCUT2D eigenvalue weighted by Gasteiger charge is -2.28. The number of carbonyl (C=O) groups is 1. The lowest BCUT2D eigenvalue weighted by molar-refractivity contribution is -0.128. The van der Waals surface area contributed by atoms with E-state index in [1.165, 1.54) is 4.88 Å². The second-order valence-electron chi connectivity index (χ2n) is 4.19. The van der Waals surface area contributed by atoms with Gasteiger partial charge in [0, 0.05) is 23.3 Å². The molecule has 1 rings (SSSR count). The summed E-state index contributed by atoms with van der Waals surface area (Å²) in [5.74, 6) is 0.327. The quantitative estimate of drug-likeness (QED) is 0.795. The highest BCUT2D eigenvalue weighted by Gasteiger charge is 2.32. The van der Waals surface area contributed by atoms with Crippen LogP contribution >= 0.6 is 11.3 Å². The van der Waals surface area contributed by atoms with E-state index in [1.807, 2.05) is 6.07 Å². The number of nitrogens with two attached hydrogens (primary N) is 1. The van der Waals surface area contributed by atoms with Crippen LogP contribution in [0.2, 0.25) is 0 Å². The fourth-order valence-electron chi connectivity index (χ4n) is 2.00. The van der Waals surface area contributed by atoms with E-state index in [9.17, 15) is 4.79 Å². The van der Waals surface area contributed by atoms with Crippen LogP contribution < -0.4 is 5.73 Å². The van der Waals surface area contributed by atoms with Gasteiger partial charge in [0.05, 0.1) is 0 Å². The Bertz CT molecular complexity index is 306. The number of hydrogen-bond acceptors (Lipinski definition) is 3. The molecule has 1 aromatic heterocycles. The first-order valence-corrected chi connectivity index (χ1v) is 6.82. The third kappa shape index (κ3) is 2.92. The topological polar surface area (TPSA) is 43.1 Å². The summed E-state index contributed by atoms with van der Waals surface area (Å²) in [6.07, 6.45) is 3.18. The van der Waals surface area contributed by atoms with E-state index in [2.05, 4.69) is 25.3 Å². The Morgan fingerprint density at radius 3 is 2.56 bits per heavy atom. The highest BCUT2D eigenvalue weighted by molar-refractivity contribution is 7.09. The monoisotopic (exact) mass is 239 g/mol. The summed E-state index contributed by atoms with van der Waals surface area (Å²) in [6, 6.07) is 4.11. The summed E-state index contributed by atoms with van der Waals surface area (Å²) < 4.78 is 0. The largest absolute Gasteiger partial charge is 0.329 e. The Balaban J connectivity index is 2.56. The molecular formula is C13H21NOS. The first-order valence-electron chi connectivity index (χ1n) is 5.94. The van der Waals surface area contributed by atoms with E-state index >= 15 is 0 Å². The van der Waals surface area contributed by atoms with Gasteiger partial charge in [-0.25, -0.2) is 0 Å². The lowest BCUT2D eigenvalue weighted by Crippen LogP contribution is -2.37. The van der Waals surface area contributed by atoms with Gasteiger partial charge < -0.3 is 5.73 Å². The van der Waals surface area contributed by atoms with Gasteiger partial charge in [0.15, 0.2) is 0 Å². The summed E-state index contributed by atoms with van der Waals surface area (Å²) >= 11 is 1.71. The molecule has 3 heteroatoms. The zero-order valence-electron chi connectivity index (χ0n) is 10.2. The Labute approximate surface area is 102 Å². The summed E-state index contributed by atoms with van der Waals surface area (Å²) in [4.78, 5) is 13.5. The fraction of sp³-hybridized carbons (Fsp3) is 0.615. The molecule has 2 nitrogen and oxygen atoms in total. The number of hydrogen-bond donors (Lipinski definition) is 1. The van der Waals surface area contributed by atoms with Crippen LogP contribution in [0.25, 0.3) is 0 Å². The van der Waals surface area contributed by atoms with Crippen LogP contribution in [0.15, 0.2) is 17.5 Å². The second kappa shape index (κ2) is 6.16. The highest BCUT2D eigenvalue weighted by Crippen LogP contribution is 2.28. The lowest BCUT2D eigenvalue weighted by atomic mass is 9.77. The molecule has 0 amide bonds. The molecule has 0 aliphatic heterocycles. The number of ketones is 1. The maximum Gasteiger partial charge on any atom is 0.140 e. The molecule has 0 bridgehead atoms. The van der Waals surface area contributed by atoms with Gasteiger partial charge in [0.2, 0.25) is 0 Å². The van der Waals surface area contributed by atoms with Crippen molar-refractivity contribution in [3.8, 4) is 0 Å². The molecule has 0 radical (unpaired) electrons. The van der Waals surface area contributed by atoms with E-state index in [0.717, 1.165) is 19.3 Å². The fourth-order valence-corrected chi connectivity index (χ4v) is 2.71. The average Bonchev–Trinajstić information content (AvgIpc) is 2.82. The molecule has 0 saturated heterocycles. The van der Waals surface area contributed by atoms with Gasteiger partial charge in [-0.1, -0.05) is 19.9 Å². The zero-order chi connectivity index (χ0) is 12.0. The molecule has 1 aromatic rings. The Morgan fingerprint density at radius 2 is 2.12 bits per heavy atom. The van der Waals surface area contributed by atoms with Gasteiger partial charge in [-0.05, 0) is 30.7 Å². The van der Waals surface area contributed by atoms with Crippen molar-refractivity contribution in [1.82, 2.24) is 0 Å². The molecule has 0 unspecified atom stereocenters. The van der Waals surface area contributed by atoms with Gasteiger partial charge in [-0.15, -0.1) is 11.3 Å². The minimum atomic E-state index is -0.280. The van der Waals surface area contributed by atoms with Crippen molar-refractivity contribution in [2.45, 2.75) is 39.5 Å². The Kier molecular flexibility index (Phi) is 5.16. The number of aryl methyl sites for hydroxylation is 1. The van der Waals surface area contributed by atoms with Gasteiger partial charge in [0.25, 0.3) is 0 Å². The van der Waals surface area contributed by atoms with Crippen molar-refractivity contribution in [2.75, 3.05) is 6.54 Å². The smallest absolute Gasteiger partial charge is 0.140 e. The average molecular weight is 239 g/mol. The Morgan fingerprint density at radius 1 is 1.44 bits per heavy atom. The first-order chi connectivity index (χ1) is 7.68. The van der Waals surface area contributed by atoms with Crippen LogP contribution in [0.5, 0.6) is 0 Å². The molecule has 0 saturated carbocycles. The minimum Gasteiger partial charge on any atom is -0.329 e. The van der Waals surface area contributed by atoms with Crippen molar-refractivity contribution in [3.05, 3.63) is 22.4 Å². The zero-order valence-corrected chi connectivity index (χ0v) is 11.0. The van der Waals surface area contributed by atoms with E-state index in [4.69, 9.17) is 5.73 Å². The molecule has 90 valence electrons.